The molecule has 3 nitrogen and oxygen atoms in total. The maximum Gasteiger partial charge on any atom is 0.178 e. The summed E-state index contributed by atoms with van der Waals surface area (Å²) in [6.07, 6.45) is 0.443. The van der Waals surface area contributed by atoms with Crippen molar-refractivity contribution in [2.75, 3.05) is 12.4 Å². The zero-order valence-electron chi connectivity index (χ0n) is 10.4. The fourth-order valence-corrected chi connectivity index (χ4v) is 3.58. The lowest BCUT2D eigenvalue weighted by atomic mass is 10.1. The van der Waals surface area contributed by atoms with Crippen molar-refractivity contribution in [3.63, 3.8) is 0 Å². The van der Waals surface area contributed by atoms with Gasteiger partial charge in [0.1, 0.15) is 11.6 Å². The molecule has 0 aromatic heterocycles. The molecule has 1 aliphatic heterocycles. The molecule has 1 aromatic rings. The standard InChI is InChI=1S/C13H14F2O3S/c1-8-13(4-5-18-8)19(17)7-12(16)10-6-9(14)2-3-11(10)15/h2-3,6,8,13H,4-5,7H2,1H3. The maximum absolute atomic E-state index is 13.4. The van der Waals surface area contributed by atoms with Crippen molar-refractivity contribution >= 4 is 16.6 Å². The predicted molar refractivity (Wildman–Crippen MR) is 67.5 cm³/mol. The zero-order chi connectivity index (χ0) is 14.0. The molecular weight excluding hydrogens is 274 g/mol. The third-order valence-corrected chi connectivity index (χ3v) is 4.99. The van der Waals surface area contributed by atoms with Gasteiger partial charge in [-0.3, -0.25) is 9.00 Å². The van der Waals surface area contributed by atoms with Crippen LogP contribution in [-0.4, -0.2) is 33.7 Å². The number of benzene rings is 1. The Morgan fingerprint density at radius 3 is 2.84 bits per heavy atom. The van der Waals surface area contributed by atoms with E-state index < -0.39 is 28.2 Å². The molecular formula is C13H14F2O3S. The van der Waals surface area contributed by atoms with Crippen molar-refractivity contribution < 1.29 is 22.5 Å². The summed E-state index contributed by atoms with van der Waals surface area (Å²) in [6, 6.07) is 2.67. The van der Waals surface area contributed by atoms with Crippen LogP contribution in [0.2, 0.25) is 0 Å². The van der Waals surface area contributed by atoms with Gasteiger partial charge in [-0.15, -0.1) is 0 Å². The molecule has 0 radical (unpaired) electrons. The molecule has 6 heteroatoms. The van der Waals surface area contributed by atoms with Crippen LogP contribution in [0, 0.1) is 11.6 Å². The number of carbonyl (C=O) groups is 1. The van der Waals surface area contributed by atoms with Gasteiger partial charge in [0, 0.05) is 17.4 Å². The second-order valence-electron chi connectivity index (χ2n) is 4.48. The summed E-state index contributed by atoms with van der Waals surface area (Å²) in [5.74, 6) is -2.43. The molecule has 0 bridgehead atoms. The minimum Gasteiger partial charge on any atom is -0.377 e. The van der Waals surface area contributed by atoms with E-state index in [1.807, 2.05) is 0 Å². The van der Waals surface area contributed by atoms with Gasteiger partial charge >= 0.3 is 0 Å². The monoisotopic (exact) mass is 288 g/mol. The molecule has 1 fully saturated rings. The first-order valence-corrected chi connectivity index (χ1v) is 7.34. The topological polar surface area (TPSA) is 43.4 Å². The largest absolute Gasteiger partial charge is 0.377 e. The number of hydrogen-bond acceptors (Lipinski definition) is 3. The van der Waals surface area contributed by atoms with Crippen LogP contribution in [0.3, 0.4) is 0 Å². The summed E-state index contributed by atoms with van der Waals surface area (Å²) in [5.41, 5.74) is -0.347. The van der Waals surface area contributed by atoms with Gasteiger partial charge in [-0.1, -0.05) is 0 Å². The maximum atomic E-state index is 13.4. The molecule has 19 heavy (non-hydrogen) atoms. The van der Waals surface area contributed by atoms with E-state index in [4.69, 9.17) is 4.74 Å². The molecule has 0 aliphatic carbocycles. The molecule has 1 aliphatic rings. The Hall–Kier alpha value is -1.14. The molecule has 3 atom stereocenters. The third-order valence-electron chi connectivity index (χ3n) is 3.15. The van der Waals surface area contributed by atoms with Crippen LogP contribution in [0.1, 0.15) is 23.7 Å². The number of rotatable bonds is 4. The third kappa shape index (κ3) is 3.25. The van der Waals surface area contributed by atoms with Crippen molar-refractivity contribution in [3.8, 4) is 0 Å². The first kappa shape index (κ1) is 14.3. The zero-order valence-corrected chi connectivity index (χ0v) is 11.2. The summed E-state index contributed by atoms with van der Waals surface area (Å²) in [5, 5.41) is -0.222. The van der Waals surface area contributed by atoms with Gasteiger partial charge in [-0.05, 0) is 31.5 Å². The molecule has 1 heterocycles. The van der Waals surface area contributed by atoms with Crippen LogP contribution in [-0.2, 0) is 15.5 Å². The Labute approximate surface area is 112 Å². The number of Topliss-reactive ketones (excluding diaryl/α,β-unsaturated/α-hetero) is 1. The Morgan fingerprint density at radius 2 is 2.21 bits per heavy atom. The average Bonchev–Trinajstić information content (AvgIpc) is 2.78. The smallest absolute Gasteiger partial charge is 0.178 e. The number of carbonyl (C=O) groups excluding carboxylic acids is 1. The Morgan fingerprint density at radius 1 is 1.47 bits per heavy atom. The van der Waals surface area contributed by atoms with Crippen molar-refractivity contribution in [3.05, 3.63) is 35.4 Å². The molecule has 0 spiro atoms. The molecule has 2 rings (SSSR count). The molecule has 0 amide bonds. The van der Waals surface area contributed by atoms with Crippen molar-refractivity contribution in [1.82, 2.24) is 0 Å². The highest BCUT2D eigenvalue weighted by atomic mass is 32.2. The van der Waals surface area contributed by atoms with Gasteiger partial charge in [-0.2, -0.15) is 0 Å². The van der Waals surface area contributed by atoms with Gasteiger partial charge in [0.05, 0.1) is 22.7 Å². The second-order valence-corrected chi connectivity index (χ2v) is 6.13. The Balaban J connectivity index is 2.08. The normalized spacial score (nSPS) is 24.4. The summed E-state index contributed by atoms with van der Waals surface area (Å²) in [4.78, 5) is 11.9. The summed E-state index contributed by atoms with van der Waals surface area (Å²) in [6.45, 7) is 2.31. The van der Waals surface area contributed by atoms with Gasteiger partial charge in [-0.25, -0.2) is 8.78 Å². The van der Waals surface area contributed by atoms with E-state index in [1.165, 1.54) is 0 Å². The van der Waals surface area contributed by atoms with E-state index in [0.717, 1.165) is 18.2 Å². The lowest BCUT2D eigenvalue weighted by molar-refractivity contribution is 0.101. The molecule has 1 saturated heterocycles. The average molecular weight is 288 g/mol. The van der Waals surface area contributed by atoms with Crippen LogP contribution in [0.5, 0.6) is 0 Å². The molecule has 0 saturated carbocycles. The highest BCUT2D eigenvalue weighted by Crippen LogP contribution is 2.20. The van der Waals surface area contributed by atoms with E-state index in [2.05, 4.69) is 0 Å². The lowest BCUT2D eigenvalue weighted by Gasteiger charge is -2.13. The minimum atomic E-state index is -1.43. The van der Waals surface area contributed by atoms with Gasteiger partial charge in [0.25, 0.3) is 0 Å². The number of ether oxygens (including phenoxy) is 1. The van der Waals surface area contributed by atoms with Crippen LogP contribution in [0.4, 0.5) is 8.78 Å². The van der Waals surface area contributed by atoms with Crippen molar-refractivity contribution in [1.29, 1.82) is 0 Å². The molecule has 3 unspecified atom stereocenters. The molecule has 1 aromatic carbocycles. The number of halogens is 2. The second kappa shape index (κ2) is 5.88. The van der Waals surface area contributed by atoms with Crippen molar-refractivity contribution in [2.45, 2.75) is 24.7 Å². The Kier molecular flexibility index (Phi) is 4.42. The quantitative estimate of drug-likeness (QED) is 0.797. The van der Waals surface area contributed by atoms with Crippen LogP contribution in [0.25, 0.3) is 0 Å². The molecule has 0 N–H and O–H groups in total. The van der Waals surface area contributed by atoms with E-state index in [-0.39, 0.29) is 22.7 Å². The van der Waals surface area contributed by atoms with Gasteiger partial charge < -0.3 is 4.74 Å². The fourth-order valence-electron chi connectivity index (χ4n) is 2.08. The van der Waals surface area contributed by atoms with Gasteiger partial charge in [0.2, 0.25) is 0 Å². The van der Waals surface area contributed by atoms with Crippen LogP contribution < -0.4 is 0 Å². The highest BCUT2D eigenvalue weighted by Gasteiger charge is 2.31. The van der Waals surface area contributed by atoms with Crippen molar-refractivity contribution in [2.24, 2.45) is 0 Å². The first-order chi connectivity index (χ1) is 8.99. The van der Waals surface area contributed by atoms with E-state index >= 15 is 0 Å². The predicted octanol–water partition coefficient (Wildman–Crippen LogP) is 2.07. The van der Waals surface area contributed by atoms with E-state index in [0.29, 0.717) is 13.0 Å². The Bertz CT molecular complexity index is 519. The fraction of sp³-hybridized carbons (Fsp3) is 0.462. The summed E-state index contributed by atoms with van der Waals surface area (Å²) < 4.78 is 43.7. The number of ketones is 1. The van der Waals surface area contributed by atoms with E-state index in [9.17, 15) is 17.8 Å². The molecule has 104 valence electrons. The SMILES string of the molecule is CC1OCCC1S(=O)CC(=O)c1cc(F)ccc1F. The van der Waals surface area contributed by atoms with Crippen LogP contribution in [0.15, 0.2) is 18.2 Å². The lowest BCUT2D eigenvalue weighted by Crippen LogP contribution is -2.28. The van der Waals surface area contributed by atoms with Crippen LogP contribution >= 0.6 is 0 Å². The van der Waals surface area contributed by atoms with E-state index in [1.54, 1.807) is 6.92 Å². The van der Waals surface area contributed by atoms with Gasteiger partial charge in [0.15, 0.2) is 5.78 Å². The summed E-state index contributed by atoms with van der Waals surface area (Å²) in [7, 11) is -1.43. The number of hydrogen-bond donors (Lipinski definition) is 0. The first-order valence-electron chi connectivity index (χ1n) is 5.96. The highest BCUT2D eigenvalue weighted by molar-refractivity contribution is 7.86. The minimum absolute atomic E-state index is 0.175. The summed E-state index contributed by atoms with van der Waals surface area (Å²) >= 11 is 0.